The van der Waals surface area contributed by atoms with Crippen molar-refractivity contribution in [2.45, 2.75) is 31.7 Å². The minimum absolute atomic E-state index is 0.247. The summed E-state index contributed by atoms with van der Waals surface area (Å²) in [7, 11) is 0. The molecule has 94 valence electrons. The lowest BCUT2D eigenvalue weighted by Crippen LogP contribution is -2.36. The van der Waals surface area contributed by atoms with E-state index < -0.39 is 0 Å². The number of rotatable bonds is 2. The predicted molar refractivity (Wildman–Crippen MR) is 68.8 cm³/mol. The molecule has 0 aliphatic carbocycles. The number of hydrogen-bond acceptors (Lipinski definition) is 3. The van der Waals surface area contributed by atoms with Gasteiger partial charge in [0.25, 0.3) is 0 Å². The summed E-state index contributed by atoms with van der Waals surface area (Å²) >= 11 is 0. The van der Waals surface area contributed by atoms with Gasteiger partial charge >= 0.3 is 0 Å². The van der Waals surface area contributed by atoms with Crippen LogP contribution in [0.15, 0.2) is 24.4 Å². The van der Waals surface area contributed by atoms with Gasteiger partial charge in [-0.3, -0.25) is 0 Å². The number of benzene rings is 1. The van der Waals surface area contributed by atoms with Gasteiger partial charge in [-0.25, -0.2) is 14.4 Å². The average molecular weight is 245 g/mol. The molecule has 1 aromatic carbocycles. The zero-order valence-corrected chi connectivity index (χ0v) is 10.2. The molecule has 0 spiro atoms. The van der Waals surface area contributed by atoms with E-state index >= 15 is 0 Å². The van der Waals surface area contributed by atoms with E-state index in [1.165, 1.54) is 31.4 Å². The second-order valence-electron chi connectivity index (χ2n) is 4.84. The van der Waals surface area contributed by atoms with Gasteiger partial charge in [-0.1, -0.05) is 6.42 Å². The Morgan fingerprint density at radius 1 is 1.33 bits per heavy atom. The largest absolute Gasteiger partial charge is 0.314 e. The van der Waals surface area contributed by atoms with E-state index in [1.54, 1.807) is 12.3 Å². The molecule has 1 atom stereocenters. The van der Waals surface area contributed by atoms with E-state index in [0.717, 1.165) is 24.2 Å². The maximum atomic E-state index is 13.2. The number of aromatic nitrogens is 2. The molecule has 3 rings (SSSR count). The minimum atomic E-state index is -0.247. The van der Waals surface area contributed by atoms with Crippen LogP contribution in [0.25, 0.3) is 10.9 Å². The molecule has 0 radical (unpaired) electrons. The Morgan fingerprint density at radius 3 is 3.11 bits per heavy atom. The number of hydrogen-bond donors (Lipinski definition) is 1. The van der Waals surface area contributed by atoms with E-state index in [0.29, 0.717) is 11.6 Å². The molecule has 1 fully saturated rings. The van der Waals surface area contributed by atoms with Gasteiger partial charge in [0.1, 0.15) is 11.6 Å². The number of halogens is 1. The van der Waals surface area contributed by atoms with Crippen LogP contribution in [0.2, 0.25) is 0 Å². The molecule has 0 saturated carbocycles. The van der Waals surface area contributed by atoms with Gasteiger partial charge in [0, 0.05) is 30.1 Å². The summed E-state index contributed by atoms with van der Waals surface area (Å²) in [5.41, 5.74) is 0.691. The number of nitrogens with zero attached hydrogens (tertiary/aromatic N) is 2. The fourth-order valence-corrected chi connectivity index (χ4v) is 2.45. The summed E-state index contributed by atoms with van der Waals surface area (Å²) < 4.78 is 13.2. The van der Waals surface area contributed by atoms with Gasteiger partial charge < -0.3 is 5.32 Å². The molecule has 2 aromatic rings. The number of fused-ring (bicyclic) bond motifs is 1. The molecule has 1 aromatic heterocycles. The molecule has 1 unspecified atom stereocenters. The Bertz CT molecular complexity index is 550. The third kappa shape index (κ3) is 2.48. The Balaban J connectivity index is 1.83. The monoisotopic (exact) mass is 245 g/mol. The van der Waals surface area contributed by atoms with Crippen molar-refractivity contribution in [1.82, 2.24) is 15.3 Å². The Morgan fingerprint density at radius 2 is 2.28 bits per heavy atom. The molecule has 18 heavy (non-hydrogen) atoms. The summed E-state index contributed by atoms with van der Waals surface area (Å²) in [6.07, 6.45) is 6.29. The van der Waals surface area contributed by atoms with Crippen molar-refractivity contribution in [3.05, 3.63) is 36.0 Å². The predicted octanol–water partition coefficient (Wildman–Crippen LogP) is 2.45. The van der Waals surface area contributed by atoms with Crippen LogP contribution in [0.5, 0.6) is 0 Å². The Kier molecular flexibility index (Phi) is 3.19. The zero-order valence-electron chi connectivity index (χ0n) is 10.2. The van der Waals surface area contributed by atoms with Gasteiger partial charge in [0.2, 0.25) is 0 Å². The summed E-state index contributed by atoms with van der Waals surface area (Å²) in [4.78, 5) is 8.80. The average Bonchev–Trinajstić information content (AvgIpc) is 2.39. The second-order valence-corrected chi connectivity index (χ2v) is 4.84. The molecule has 1 saturated heterocycles. The normalized spacial score (nSPS) is 20.2. The molecule has 3 nitrogen and oxygen atoms in total. The van der Waals surface area contributed by atoms with E-state index in [-0.39, 0.29) is 5.82 Å². The highest BCUT2D eigenvalue weighted by atomic mass is 19.1. The standard InChI is InChI=1S/C14H16FN3/c15-11-5-4-10-9-17-14(18-13(10)7-11)8-12-3-1-2-6-16-12/h4-5,7,9,12,16H,1-3,6,8H2. The highest BCUT2D eigenvalue weighted by molar-refractivity contribution is 5.77. The molecule has 1 N–H and O–H groups in total. The van der Waals surface area contributed by atoms with Gasteiger partial charge in [0.05, 0.1) is 5.52 Å². The molecule has 0 amide bonds. The Labute approximate surface area is 105 Å². The Hall–Kier alpha value is -1.55. The van der Waals surface area contributed by atoms with Crippen LogP contribution in [0.4, 0.5) is 4.39 Å². The fraction of sp³-hybridized carbons (Fsp3) is 0.429. The summed E-state index contributed by atoms with van der Waals surface area (Å²) in [6, 6.07) is 5.08. The lowest BCUT2D eigenvalue weighted by Gasteiger charge is -2.22. The first-order valence-electron chi connectivity index (χ1n) is 6.46. The first-order valence-corrected chi connectivity index (χ1v) is 6.46. The molecule has 2 heterocycles. The lowest BCUT2D eigenvalue weighted by molar-refractivity contribution is 0.394. The van der Waals surface area contributed by atoms with Gasteiger partial charge in [-0.05, 0) is 31.5 Å². The van der Waals surface area contributed by atoms with Crippen LogP contribution < -0.4 is 5.32 Å². The fourth-order valence-electron chi connectivity index (χ4n) is 2.45. The van der Waals surface area contributed by atoms with Crippen molar-refractivity contribution in [3.63, 3.8) is 0 Å². The van der Waals surface area contributed by atoms with Gasteiger partial charge in [-0.2, -0.15) is 0 Å². The zero-order chi connectivity index (χ0) is 12.4. The van der Waals surface area contributed by atoms with Crippen molar-refractivity contribution in [2.75, 3.05) is 6.54 Å². The quantitative estimate of drug-likeness (QED) is 0.883. The van der Waals surface area contributed by atoms with Crippen molar-refractivity contribution < 1.29 is 4.39 Å². The molecular formula is C14H16FN3. The highest BCUT2D eigenvalue weighted by Gasteiger charge is 2.14. The third-order valence-corrected chi connectivity index (χ3v) is 3.44. The maximum Gasteiger partial charge on any atom is 0.130 e. The summed E-state index contributed by atoms with van der Waals surface area (Å²) in [5, 5.41) is 4.36. The maximum absolute atomic E-state index is 13.2. The number of piperidine rings is 1. The van der Waals surface area contributed by atoms with Crippen LogP contribution in [0.3, 0.4) is 0 Å². The first kappa shape index (κ1) is 11.5. The summed E-state index contributed by atoms with van der Waals surface area (Å²) in [6.45, 7) is 1.08. The topological polar surface area (TPSA) is 37.8 Å². The van der Waals surface area contributed by atoms with Crippen molar-refractivity contribution >= 4 is 10.9 Å². The lowest BCUT2D eigenvalue weighted by atomic mass is 10.0. The van der Waals surface area contributed by atoms with Crippen LogP contribution >= 0.6 is 0 Å². The van der Waals surface area contributed by atoms with Crippen LogP contribution in [0, 0.1) is 5.82 Å². The smallest absolute Gasteiger partial charge is 0.130 e. The molecule has 1 aliphatic rings. The molecule has 4 heteroatoms. The van der Waals surface area contributed by atoms with Crippen LogP contribution in [-0.2, 0) is 6.42 Å². The number of nitrogens with one attached hydrogen (secondary N) is 1. The van der Waals surface area contributed by atoms with Crippen LogP contribution in [0.1, 0.15) is 25.1 Å². The first-order chi connectivity index (χ1) is 8.81. The summed E-state index contributed by atoms with van der Waals surface area (Å²) in [5.74, 6) is 0.551. The van der Waals surface area contributed by atoms with Gasteiger partial charge in [-0.15, -0.1) is 0 Å². The molecule has 0 bridgehead atoms. The highest BCUT2D eigenvalue weighted by Crippen LogP contribution is 2.15. The van der Waals surface area contributed by atoms with Crippen molar-refractivity contribution in [1.29, 1.82) is 0 Å². The van der Waals surface area contributed by atoms with Gasteiger partial charge in [0.15, 0.2) is 0 Å². The SMILES string of the molecule is Fc1ccc2cnc(CC3CCCCN3)nc2c1. The molecular weight excluding hydrogens is 229 g/mol. The molecule has 1 aliphatic heterocycles. The van der Waals surface area contributed by atoms with E-state index in [4.69, 9.17) is 0 Å². The van der Waals surface area contributed by atoms with Crippen LogP contribution in [-0.4, -0.2) is 22.6 Å². The minimum Gasteiger partial charge on any atom is -0.314 e. The third-order valence-electron chi connectivity index (χ3n) is 3.44. The van der Waals surface area contributed by atoms with E-state index in [9.17, 15) is 4.39 Å². The van der Waals surface area contributed by atoms with Crippen molar-refractivity contribution in [2.24, 2.45) is 0 Å². The van der Waals surface area contributed by atoms with E-state index in [2.05, 4.69) is 15.3 Å². The van der Waals surface area contributed by atoms with E-state index in [1.807, 2.05) is 0 Å². The second kappa shape index (κ2) is 4.98. The van der Waals surface area contributed by atoms with Crippen molar-refractivity contribution in [3.8, 4) is 0 Å².